The Morgan fingerprint density at radius 2 is 1.76 bits per heavy atom. The number of alkyl halides is 3. The lowest BCUT2D eigenvalue weighted by atomic mass is 10.2. The van der Waals surface area contributed by atoms with Crippen molar-refractivity contribution < 1.29 is 13.2 Å². The van der Waals surface area contributed by atoms with Crippen molar-refractivity contribution in [2.24, 2.45) is 5.73 Å². The van der Waals surface area contributed by atoms with Gasteiger partial charge in [-0.15, -0.1) is 0 Å². The summed E-state index contributed by atoms with van der Waals surface area (Å²) in [6, 6.07) is 4.32. The quantitative estimate of drug-likeness (QED) is 0.354. The Morgan fingerprint density at radius 1 is 1.24 bits per heavy atom. The summed E-state index contributed by atoms with van der Waals surface area (Å²) in [5, 5.41) is 11.8. The summed E-state index contributed by atoms with van der Waals surface area (Å²) in [6.07, 6.45) is -4.36. The highest BCUT2D eigenvalue weighted by Crippen LogP contribution is 2.29. The van der Waals surface area contributed by atoms with Gasteiger partial charge in [0.25, 0.3) is 0 Å². The van der Waals surface area contributed by atoms with Crippen molar-refractivity contribution in [2.75, 3.05) is 5.32 Å². The molecule has 0 unspecified atom stereocenters. The molecule has 0 saturated carbocycles. The lowest BCUT2D eigenvalue weighted by Gasteiger charge is -2.10. The van der Waals surface area contributed by atoms with E-state index in [0.29, 0.717) is 5.69 Å². The Hall–Kier alpha value is -1.83. The maximum absolute atomic E-state index is 12.3. The zero-order valence-corrected chi connectivity index (χ0v) is 9.25. The van der Waals surface area contributed by atoms with Crippen LogP contribution in [-0.2, 0) is 6.18 Å². The predicted molar refractivity (Wildman–Crippen MR) is 62.7 cm³/mol. The average Bonchev–Trinajstić information content (AvgIpc) is 2.15. The van der Waals surface area contributed by atoms with Gasteiger partial charge in [0.2, 0.25) is 0 Å². The molecule has 0 fully saturated rings. The highest BCUT2D eigenvalue weighted by molar-refractivity contribution is 7.80. The molecule has 8 heteroatoms. The summed E-state index contributed by atoms with van der Waals surface area (Å²) in [7, 11) is 0. The van der Waals surface area contributed by atoms with Crippen LogP contribution in [0.15, 0.2) is 24.3 Å². The van der Waals surface area contributed by atoms with Crippen LogP contribution in [0.25, 0.3) is 0 Å². The van der Waals surface area contributed by atoms with Gasteiger partial charge in [-0.3, -0.25) is 5.41 Å². The smallest absolute Gasteiger partial charge is 0.370 e. The maximum atomic E-state index is 12.3. The normalized spacial score (nSPS) is 10.8. The monoisotopic (exact) mass is 262 g/mol. The molecule has 92 valence electrons. The van der Waals surface area contributed by atoms with Crippen LogP contribution in [0.2, 0.25) is 0 Å². The van der Waals surface area contributed by atoms with E-state index in [1.165, 1.54) is 12.1 Å². The Balaban J connectivity index is 2.69. The van der Waals surface area contributed by atoms with Gasteiger partial charge in [-0.25, -0.2) is 0 Å². The number of hydrogen-bond donors (Lipinski definition) is 4. The highest BCUT2D eigenvalue weighted by atomic mass is 32.1. The van der Waals surface area contributed by atoms with E-state index in [1.807, 2.05) is 0 Å². The topological polar surface area (TPSA) is 73.9 Å². The van der Waals surface area contributed by atoms with E-state index in [2.05, 4.69) is 10.6 Å². The van der Waals surface area contributed by atoms with Crippen molar-refractivity contribution in [1.29, 1.82) is 5.41 Å². The summed E-state index contributed by atoms with van der Waals surface area (Å²) in [5.41, 5.74) is 4.65. The molecule has 0 aliphatic carbocycles. The zero-order valence-electron chi connectivity index (χ0n) is 8.43. The molecule has 1 aromatic rings. The Kier molecular flexibility index (Phi) is 3.89. The minimum absolute atomic E-state index is 0.0391. The van der Waals surface area contributed by atoms with Gasteiger partial charge in [0.1, 0.15) is 0 Å². The van der Waals surface area contributed by atoms with Gasteiger partial charge >= 0.3 is 6.18 Å². The van der Waals surface area contributed by atoms with E-state index in [9.17, 15) is 13.2 Å². The van der Waals surface area contributed by atoms with E-state index in [-0.39, 0.29) is 11.1 Å². The fourth-order valence-corrected chi connectivity index (χ4v) is 1.26. The lowest BCUT2D eigenvalue weighted by Crippen LogP contribution is -2.38. The van der Waals surface area contributed by atoms with E-state index in [0.717, 1.165) is 12.1 Å². The van der Waals surface area contributed by atoms with Crippen molar-refractivity contribution >= 4 is 29.0 Å². The molecule has 0 heterocycles. The predicted octanol–water partition coefficient (Wildman–Crippen LogP) is 1.89. The van der Waals surface area contributed by atoms with Crippen molar-refractivity contribution in [3.8, 4) is 0 Å². The highest BCUT2D eigenvalue weighted by Gasteiger charge is 2.29. The molecule has 4 nitrogen and oxygen atoms in total. The number of thiocarbonyl (C=S) groups is 1. The lowest BCUT2D eigenvalue weighted by molar-refractivity contribution is -0.137. The second-order valence-corrected chi connectivity index (χ2v) is 3.48. The van der Waals surface area contributed by atoms with Crippen molar-refractivity contribution in [1.82, 2.24) is 5.32 Å². The number of anilines is 1. The molecule has 0 aromatic heterocycles. The summed E-state index contributed by atoms with van der Waals surface area (Å²) >= 11 is 4.75. The molecule has 0 spiro atoms. The van der Waals surface area contributed by atoms with Crippen LogP contribution in [0, 0.1) is 5.41 Å². The van der Waals surface area contributed by atoms with Gasteiger partial charge in [-0.1, -0.05) is 0 Å². The average molecular weight is 262 g/mol. The van der Waals surface area contributed by atoms with E-state index >= 15 is 0 Å². The molecule has 1 aromatic carbocycles. The second-order valence-electron chi connectivity index (χ2n) is 3.07. The van der Waals surface area contributed by atoms with Gasteiger partial charge in [0, 0.05) is 5.69 Å². The summed E-state index contributed by atoms with van der Waals surface area (Å²) in [6.45, 7) is 0. The SMILES string of the molecule is N=C(N)NC(=S)Nc1ccc(C(F)(F)F)cc1. The van der Waals surface area contributed by atoms with Crippen LogP contribution in [0.5, 0.6) is 0 Å². The molecule has 0 aliphatic heterocycles. The Morgan fingerprint density at radius 3 is 2.18 bits per heavy atom. The zero-order chi connectivity index (χ0) is 13.1. The van der Waals surface area contributed by atoms with Crippen molar-refractivity contribution in [3.63, 3.8) is 0 Å². The van der Waals surface area contributed by atoms with Crippen LogP contribution >= 0.6 is 12.2 Å². The van der Waals surface area contributed by atoms with E-state index in [4.69, 9.17) is 23.4 Å². The number of halogens is 3. The molecule has 0 amide bonds. The number of rotatable bonds is 1. The van der Waals surface area contributed by atoms with Crippen LogP contribution in [-0.4, -0.2) is 11.1 Å². The van der Waals surface area contributed by atoms with Crippen LogP contribution in [0.1, 0.15) is 5.56 Å². The molecule has 0 saturated heterocycles. The largest absolute Gasteiger partial charge is 0.416 e. The molecular weight excluding hydrogens is 253 g/mol. The first-order valence-electron chi connectivity index (χ1n) is 4.38. The van der Waals surface area contributed by atoms with Gasteiger partial charge in [-0.05, 0) is 36.5 Å². The van der Waals surface area contributed by atoms with E-state index < -0.39 is 11.7 Å². The number of benzene rings is 1. The minimum Gasteiger partial charge on any atom is -0.370 e. The molecular formula is C9H9F3N4S. The number of hydrogen-bond acceptors (Lipinski definition) is 2. The minimum atomic E-state index is -4.36. The third-order valence-electron chi connectivity index (χ3n) is 1.72. The molecule has 0 bridgehead atoms. The first-order chi connectivity index (χ1) is 7.79. The first kappa shape index (κ1) is 13.2. The molecule has 5 N–H and O–H groups in total. The van der Waals surface area contributed by atoms with Gasteiger partial charge < -0.3 is 16.4 Å². The molecule has 17 heavy (non-hydrogen) atoms. The Labute approximate surface area is 101 Å². The first-order valence-corrected chi connectivity index (χ1v) is 4.79. The third kappa shape index (κ3) is 4.27. The standard InChI is InChI=1S/C9H9F3N4S/c10-9(11,12)5-1-3-6(4-2-5)15-8(17)16-7(13)14/h1-4H,(H5,13,14,15,16,17). The van der Waals surface area contributed by atoms with E-state index in [1.54, 1.807) is 0 Å². The third-order valence-corrected chi connectivity index (χ3v) is 1.92. The van der Waals surface area contributed by atoms with Crippen molar-refractivity contribution in [3.05, 3.63) is 29.8 Å². The molecule has 0 atom stereocenters. The van der Waals surface area contributed by atoms with Crippen LogP contribution in [0.4, 0.5) is 18.9 Å². The van der Waals surface area contributed by atoms with Gasteiger partial charge in [0.05, 0.1) is 5.56 Å². The van der Waals surface area contributed by atoms with Gasteiger partial charge in [-0.2, -0.15) is 13.2 Å². The summed E-state index contributed by atoms with van der Waals surface area (Å²) in [4.78, 5) is 0. The molecule has 0 radical (unpaired) electrons. The van der Waals surface area contributed by atoms with Crippen LogP contribution in [0.3, 0.4) is 0 Å². The number of nitrogens with two attached hydrogens (primary N) is 1. The second kappa shape index (κ2) is 5.00. The Bertz CT molecular complexity index is 427. The summed E-state index contributed by atoms with van der Waals surface area (Å²) in [5.74, 6) is -0.352. The molecule has 0 aliphatic rings. The number of nitrogens with one attached hydrogen (secondary N) is 3. The fraction of sp³-hybridized carbons (Fsp3) is 0.111. The van der Waals surface area contributed by atoms with Crippen LogP contribution < -0.4 is 16.4 Å². The van der Waals surface area contributed by atoms with Gasteiger partial charge in [0.15, 0.2) is 11.1 Å². The fourth-order valence-electron chi connectivity index (χ4n) is 1.03. The maximum Gasteiger partial charge on any atom is 0.416 e. The summed E-state index contributed by atoms with van der Waals surface area (Å²) < 4.78 is 36.8. The van der Waals surface area contributed by atoms with Crippen molar-refractivity contribution in [2.45, 2.75) is 6.18 Å². The molecule has 1 rings (SSSR count). The number of guanidine groups is 1.